The van der Waals surface area contributed by atoms with Gasteiger partial charge in [0.15, 0.2) is 0 Å². The molecule has 0 aliphatic carbocycles. The lowest BCUT2D eigenvalue weighted by Crippen LogP contribution is -2.19. The van der Waals surface area contributed by atoms with E-state index < -0.39 is 0 Å². The summed E-state index contributed by atoms with van der Waals surface area (Å²) in [4.78, 5) is 12.1. The highest BCUT2D eigenvalue weighted by atomic mass is 16.5. The van der Waals surface area contributed by atoms with E-state index in [0.29, 0.717) is 22.8 Å². The Kier molecular flexibility index (Phi) is 5.36. The maximum absolute atomic E-state index is 12.1. The van der Waals surface area contributed by atoms with Gasteiger partial charge in [-0.2, -0.15) is 5.10 Å². The molecule has 0 radical (unpaired) electrons. The molecule has 0 spiro atoms. The number of hydrogen-bond acceptors (Lipinski definition) is 4. The number of carbonyl (C=O) groups is 1. The van der Waals surface area contributed by atoms with Crippen molar-refractivity contribution < 1.29 is 14.3 Å². The Bertz CT molecular complexity index is 739. The maximum Gasteiger partial charge on any atom is 0.271 e. The fourth-order valence-corrected chi connectivity index (χ4v) is 2.14. The van der Waals surface area contributed by atoms with Crippen molar-refractivity contribution in [2.75, 3.05) is 14.2 Å². The first-order chi connectivity index (χ1) is 11.0. The second kappa shape index (κ2) is 7.45. The van der Waals surface area contributed by atoms with Crippen LogP contribution in [0.2, 0.25) is 0 Å². The molecule has 0 atom stereocenters. The number of hydrazone groups is 1. The fraction of sp³-hybridized carbons (Fsp3) is 0.222. The van der Waals surface area contributed by atoms with Crippen molar-refractivity contribution in [1.29, 1.82) is 0 Å². The minimum Gasteiger partial charge on any atom is -0.497 e. The molecule has 0 aliphatic heterocycles. The second-order valence-electron chi connectivity index (χ2n) is 5.07. The summed E-state index contributed by atoms with van der Waals surface area (Å²) in [6.07, 6.45) is 0. The molecule has 23 heavy (non-hydrogen) atoms. The van der Waals surface area contributed by atoms with E-state index in [0.717, 1.165) is 11.1 Å². The average molecular weight is 312 g/mol. The molecule has 0 heterocycles. The summed E-state index contributed by atoms with van der Waals surface area (Å²) >= 11 is 0. The number of aryl methyl sites for hydroxylation is 1. The third-order valence-corrected chi connectivity index (χ3v) is 3.40. The molecule has 0 unspecified atom stereocenters. The van der Waals surface area contributed by atoms with Crippen LogP contribution in [0, 0.1) is 6.92 Å². The molecule has 2 rings (SSSR count). The lowest BCUT2D eigenvalue weighted by Gasteiger charge is -2.10. The molecule has 1 amide bonds. The van der Waals surface area contributed by atoms with Crippen LogP contribution in [0.3, 0.4) is 0 Å². The van der Waals surface area contributed by atoms with Crippen LogP contribution in [0.4, 0.5) is 0 Å². The molecular formula is C18H20N2O3. The highest BCUT2D eigenvalue weighted by Crippen LogP contribution is 2.25. The number of nitrogens with zero attached hydrogens (tertiary/aromatic N) is 1. The Morgan fingerprint density at radius 1 is 1.09 bits per heavy atom. The van der Waals surface area contributed by atoms with Crippen LogP contribution in [-0.2, 0) is 0 Å². The molecule has 0 aromatic heterocycles. The molecule has 0 bridgehead atoms. The Morgan fingerprint density at radius 3 is 2.52 bits per heavy atom. The lowest BCUT2D eigenvalue weighted by atomic mass is 10.1. The largest absolute Gasteiger partial charge is 0.497 e. The van der Waals surface area contributed by atoms with Crippen molar-refractivity contribution in [3.8, 4) is 11.5 Å². The van der Waals surface area contributed by atoms with Crippen molar-refractivity contribution in [1.82, 2.24) is 5.43 Å². The van der Waals surface area contributed by atoms with Crippen molar-refractivity contribution in [3.05, 3.63) is 59.2 Å². The predicted molar refractivity (Wildman–Crippen MR) is 90.4 cm³/mol. The van der Waals surface area contributed by atoms with Crippen molar-refractivity contribution in [2.24, 2.45) is 5.10 Å². The first kappa shape index (κ1) is 16.5. The van der Waals surface area contributed by atoms with Gasteiger partial charge in [0.25, 0.3) is 5.91 Å². The van der Waals surface area contributed by atoms with E-state index in [9.17, 15) is 4.79 Å². The maximum atomic E-state index is 12.1. The molecule has 2 aromatic rings. The van der Waals surface area contributed by atoms with Crippen molar-refractivity contribution >= 4 is 11.6 Å². The first-order valence-electron chi connectivity index (χ1n) is 7.19. The van der Waals surface area contributed by atoms with E-state index in [1.54, 1.807) is 33.3 Å². The van der Waals surface area contributed by atoms with E-state index in [2.05, 4.69) is 10.5 Å². The summed E-state index contributed by atoms with van der Waals surface area (Å²) in [5, 5.41) is 4.16. The molecule has 0 saturated carbocycles. The Morgan fingerprint density at radius 2 is 1.87 bits per heavy atom. The minimum atomic E-state index is -0.250. The minimum absolute atomic E-state index is 0.250. The van der Waals surface area contributed by atoms with Gasteiger partial charge >= 0.3 is 0 Å². The molecule has 5 nitrogen and oxygen atoms in total. The number of methoxy groups -OCH3 is 2. The van der Waals surface area contributed by atoms with E-state index in [4.69, 9.17) is 9.47 Å². The van der Waals surface area contributed by atoms with Gasteiger partial charge in [-0.3, -0.25) is 4.79 Å². The van der Waals surface area contributed by atoms with Gasteiger partial charge in [0.1, 0.15) is 11.5 Å². The van der Waals surface area contributed by atoms with E-state index in [1.165, 1.54) is 0 Å². The Hall–Kier alpha value is -2.82. The summed E-state index contributed by atoms with van der Waals surface area (Å²) in [6, 6.07) is 12.8. The standard InChI is InChI=1S/C18H20N2O3/c1-12-6-5-7-14(10-12)18(21)20-19-13(2)16-9-8-15(22-3)11-17(16)23-4/h5-11H,1-4H3,(H,20,21)/b19-13-. The average Bonchev–Trinajstić information content (AvgIpc) is 2.58. The molecule has 1 N–H and O–H groups in total. The number of amides is 1. The van der Waals surface area contributed by atoms with E-state index in [-0.39, 0.29) is 5.91 Å². The number of rotatable bonds is 5. The molecule has 0 fully saturated rings. The van der Waals surface area contributed by atoms with E-state index in [1.807, 2.05) is 37.3 Å². The van der Waals surface area contributed by atoms with Gasteiger partial charge in [-0.05, 0) is 38.1 Å². The zero-order valence-corrected chi connectivity index (χ0v) is 13.7. The van der Waals surface area contributed by atoms with Crippen LogP contribution in [0.5, 0.6) is 11.5 Å². The van der Waals surface area contributed by atoms with Crippen LogP contribution in [-0.4, -0.2) is 25.8 Å². The van der Waals surface area contributed by atoms with Gasteiger partial charge in [-0.15, -0.1) is 0 Å². The van der Waals surface area contributed by atoms with Crippen LogP contribution in [0.25, 0.3) is 0 Å². The Balaban J connectivity index is 2.18. The molecule has 120 valence electrons. The highest BCUT2D eigenvalue weighted by molar-refractivity contribution is 6.02. The summed E-state index contributed by atoms with van der Waals surface area (Å²) < 4.78 is 10.5. The topological polar surface area (TPSA) is 59.9 Å². The summed E-state index contributed by atoms with van der Waals surface area (Å²) in [6.45, 7) is 3.74. The van der Waals surface area contributed by atoms with E-state index >= 15 is 0 Å². The SMILES string of the molecule is COc1ccc(/C(C)=N\NC(=O)c2cccc(C)c2)c(OC)c1. The number of hydrogen-bond donors (Lipinski definition) is 1. The summed E-state index contributed by atoms with van der Waals surface area (Å²) in [7, 11) is 3.17. The van der Waals surface area contributed by atoms with Crippen LogP contribution >= 0.6 is 0 Å². The van der Waals surface area contributed by atoms with Crippen LogP contribution < -0.4 is 14.9 Å². The summed E-state index contributed by atoms with van der Waals surface area (Å²) in [5.41, 5.74) is 5.60. The normalized spacial score (nSPS) is 11.0. The number of ether oxygens (including phenoxy) is 2. The van der Waals surface area contributed by atoms with Gasteiger partial charge < -0.3 is 9.47 Å². The number of nitrogens with one attached hydrogen (secondary N) is 1. The summed E-state index contributed by atoms with van der Waals surface area (Å²) in [5.74, 6) is 1.08. The van der Waals surface area contributed by atoms with Crippen LogP contribution in [0.15, 0.2) is 47.6 Å². The van der Waals surface area contributed by atoms with Gasteiger partial charge in [-0.25, -0.2) is 5.43 Å². The van der Waals surface area contributed by atoms with Crippen LogP contribution in [0.1, 0.15) is 28.4 Å². The molecule has 2 aromatic carbocycles. The Labute approximate surface area is 135 Å². The third-order valence-electron chi connectivity index (χ3n) is 3.40. The van der Waals surface area contributed by atoms with Gasteiger partial charge in [0, 0.05) is 17.2 Å². The zero-order valence-electron chi connectivity index (χ0n) is 13.7. The second-order valence-corrected chi connectivity index (χ2v) is 5.07. The fourth-order valence-electron chi connectivity index (χ4n) is 2.14. The van der Waals surface area contributed by atoms with Gasteiger partial charge in [0.05, 0.1) is 19.9 Å². The molecule has 5 heteroatoms. The van der Waals surface area contributed by atoms with Gasteiger partial charge in [-0.1, -0.05) is 17.7 Å². The monoisotopic (exact) mass is 312 g/mol. The van der Waals surface area contributed by atoms with Crippen molar-refractivity contribution in [3.63, 3.8) is 0 Å². The molecule has 0 saturated heterocycles. The van der Waals surface area contributed by atoms with Crippen molar-refractivity contribution in [2.45, 2.75) is 13.8 Å². The quantitative estimate of drug-likeness (QED) is 0.681. The van der Waals surface area contributed by atoms with Gasteiger partial charge in [0.2, 0.25) is 0 Å². The lowest BCUT2D eigenvalue weighted by molar-refractivity contribution is 0.0954. The first-order valence-corrected chi connectivity index (χ1v) is 7.19. The zero-order chi connectivity index (χ0) is 16.8. The molecule has 0 aliphatic rings. The molecular weight excluding hydrogens is 292 g/mol. The number of carbonyl (C=O) groups excluding carboxylic acids is 1. The number of benzene rings is 2. The highest BCUT2D eigenvalue weighted by Gasteiger charge is 2.09. The smallest absolute Gasteiger partial charge is 0.271 e. The third kappa shape index (κ3) is 4.10. The predicted octanol–water partition coefficient (Wildman–Crippen LogP) is 3.17.